The molecule has 80 heavy (non-hydrogen) atoms. The van der Waals surface area contributed by atoms with Crippen LogP contribution in [0.15, 0.2) is 97.2 Å². The second-order valence-electron chi connectivity index (χ2n) is 22.7. The van der Waals surface area contributed by atoms with Crippen molar-refractivity contribution in [3.05, 3.63) is 97.2 Å². The molecule has 0 aromatic rings. The Balaban J connectivity index is 4.15. The van der Waals surface area contributed by atoms with Gasteiger partial charge in [-0.25, -0.2) is 0 Å². The third-order valence-electron chi connectivity index (χ3n) is 14.8. The summed E-state index contributed by atoms with van der Waals surface area (Å²) in [6.45, 7) is 6.48. The molecule has 0 aliphatic rings. The normalized spacial score (nSPS) is 12.7. The summed E-state index contributed by atoms with van der Waals surface area (Å²) in [5, 5.41) is 0. The lowest BCUT2D eigenvalue weighted by Gasteiger charge is -2.18. The fourth-order valence-electron chi connectivity index (χ4n) is 9.68. The minimum Gasteiger partial charge on any atom is -0.462 e. The summed E-state index contributed by atoms with van der Waals surface area (Å²) in [5.41, 5.74) is 0. The van der Waals surface area contributed by atoms with E-state index in [2.05, 4.69) is 118 Å². The number of ether oxygens (including phenoxy) is 3. The van der Waals surface area contributed by atoms with Gasteiger partial charge < -0.3 is 14.2 Å². The van der Waals surface area contributed by atoms with Crippen molar-refractivity contribution in [2.45, 2.75) is 341 Å². The first-order chi connectivity index (χ1) is 39.5. The van der Waals surface area contributed by atoms with Crippen LogP contribution in [-0.4, -0.2) is 37.2 Å². The molecule has 0 aliphatic heterocycles. The van der Waals surface area contributed by atoms with E-state index >= 15 is 0 Å². The molecular weight excluding hydrogens is 985 g/mol. The van der Waals surface area contributed by atoms with Crippen LogP contribution in [0, 0.1) is 0 Å². The maximum Gasteiger partial charge on any atom is 0.306 e. The summed E-state index contributed by atoms with van der Waals surface area (Å²) in [6.07, 6.45) is 91.5. The first-order valence-corrected chi connectivity index (χ1v) is 34.2. The Morgan fingerprint density at radius 1 is 0.263 bits per heavy atom. The van der Waals surface area contributed by atoms with E-state index in [1.54, 1.807) is 0 Å². The number of rotatable bonds is 62. The third kappa shape index (κ3) is 65.1. The van der Waals surface area contributed by atoms with Crippen LogP contribution >= 0.6 is 0 Å². The number of allylic oxidation sites excluding steroid dienone is 16. The lowest BCUT2D eigenvalue weighted by atomic mass is 10.0. The summed E-state index contributed by atoms with van der Waals surface area (Å²) >= 11 is 0. The fourth-order valence-corrected chi connectivity index (χ4v) is 9.68. The van der Waals surface area contributed by atoms with Gasteiger partial charge in [0.15, 0.2) is 6.10 Å². The zero-order valence-corrected chi connectivity index (χ0v) is 52.8. The van der Waals surface area contributed by atoms with E-state index < -0.39 is 6.10 Å². The quantitative estimate of drug-likeness (QED) is 0.0261. The molecule has 460 valence electrons. The van der Waals surface area contributed by atoms with Crippen molar-refractivity contribution in [2.75, 3.05) is 13.2 Å². The van der Waals surface area contributed by atoms with Crippen LogP contribution in [-0.2, 0) is 28.6 Å². The average molecular weight is 1110 g/mol. The van der Waals surface area contributed by atoms with Crippen molar-refractivity contribution in [1.82, 2.24) is 0 Å². The number of hydrogen-bond donors (Lipinski definition) is 0. The summed E-state index contributed by atoms with van der Waals surface area (Å²) < 4.78 is 16.9. The molecule has 0 aromatic carbocycles. The molecule has 0 rings (SSSR count). The highest BCUT2D eigenvalue weighted by atomic mass is 16.6. The van der Waals surface area contributed by atoms with E-state index in [1.807, 2.05) is 0 Å². The SMILES string of the molecule is CC/C=C\C/C=C\C/C=C\C/C=C\C/C=C\C/C=C\CCCCCCCCCCCCCCCCC(=O)OCC(COC(=O)CCCCCCC/C=C\CCC)OC(=O)CCCCCCCCCCC/C=C\CCCCCCCC. The van der Waals surface area contributed by atoms with Crippen LogP contribution in [0.1, 0.15) is 335 Å². The molecule has 0 spiro atoms. The Morgan fingerprint density at radius 3 is 0.825 bits per heavy atom. The number of esters is 3. The van der Waals surface area contributed by atoms with Gasteiger partial charge in [-0.05, 0) is 116 Å². The highest BCUT2D eigenvalue weighted by Gasteiger charge is 2.19. The van der Waals surface area contributed by atoms with Gasteiger partial charge in [0.25, 0.3) is 0 Å². The second kappa shape index (κ2) is 67.8. The van der Waals surface area contributed by atoms with Crippen molar-refractivity contribution < 1.29 is 28.6 Å². The Morgan fingerprint density at radius 2 is 0.512 bits per heavy atom. The zero-order valence-electron chi connectivity index (χ0n) is 52.8. The van der Waals surface area contributed by atoms with Crippen molar-refractivity contribution in [3.8, 4) is 0 Å². The lowest BCUT2D eigenvalue weighted by Crippen LogP contribution is -2.30. The molecule has 6 heteroatoms. The van der Waals surface area contributed by atoms with Gasteiger partial charge in [-0.15, -0.1) is 0 Å². The molecule has 0 heterocycles. The Labute approximate surface area is 496 Å². The van der Waals surface area contributed by atoms with E-state index in [-0.39, 0.29) is 31.1 Å². The van der Waals surface area contributed by atoms with Gasteiger partial charge in [-0.1, -0.05) is 298 Å². The predicted molar refractivity (Wildman–Crippen MR) is 348 cm³/mol. The maximum absolute atomic E-state index is 12.9. The van der Waals surface area contributed by atoms with Gasteiger partial charge >= 0.3 is 17.9 Å². The number of carbonyl (C=O) groups is 3. The maximum atomic E-state index is 12.9. The summed E-state index contributed by atoms with van der Waals surface area (Å²) in [4.78, 5) is 38.3. The highest BCUT2D eigenvalue weighted by molar-refractivity contribution is 5.71. The molecule has 1 atom stereocenters. The van der Waals surface area contributed by atoms with Crippen molar-refractivity contribution >= 4 is 17.9 Å². The monoisotopic (exact) mass is 1110 g/mol. The zero-order chi connectivity index (χ0) is 57.8. The first kappa shape index (κ1) is 76.3. The topological polar surface area (TPSA) is 78.9 Å². The van der Waals surface area contributed by atoms with Gasteiger partial charge in [0.05, 0.1) is 0 Å². The molecule has 0 bridgehead atoms. The van der Waals surface area contributed by atoms with Gasteiger partial charge in [0, 0.05) is 19.3 Å². The van der Waals surface area contributed by atoms with E-state index in [9.17, 15) is 14.4 Å². The highest BCUT2D eigenvalue weighted by Crippen LogP contribution is 2.17. The molecule has 0 amide bonds. The number of unbranched alkanes of at least 4 members (excludes halogenated alkanes) is 35. The lowest BCUT2D eigenvalue weighted by molar-refractivity contribution is -0.167. The van der Waals surface area contributed by atoms with E-state index in [0.717, 1.165) is 109 Å². The van der Waals surface area contributed by atoms with Gasteiger partial charge in [0.2, 0.25) is 0 Å². The van der Waals surface area contributed by atoms with Crippen LogP contribution in [0.4, 0.5) is 0 Å². The average Bonchev–Trinajstić information content (AvgIpc) is 3.46. The fraction of sp³-hybridized carbons (Fsp3) is 0.743. The standard InChI is InChI=1S/C74H128O6/c1-4-7-10-13-16-19-22-24-26-28-30-31-32-33-34-35-36-37-38-39-40-41-42-43-45-46-48-50-52-55-58-61-64-67-73(76)79-70-71(69-78-72(75)66-63-60-57-54-21-18-15-12-9-6-3)80-74(77)68-65-62-59-56-53-51-49-47-44-29-27-25-23-20-17-14-11-8-5-2/h7,10,12,15-16,19,24-27,30-31,33-34,36-37,71H,4-6,8-9,11,13-14,17-18,20-23,28-29,32,35,38-70H2,1-3H3/b10-7-,15-12-,19-16-,26-24-,27-25-,31-30-,34-33-,37-36-. The van der Waals surface area contributed by atoms with E-state index in [1.165, 1.54) is 186 Å². The predicted octanol–water partition coefficient (Wildman–Crippen LogP) is 23.6. The first-order valence-electron chi connectivity index (χ1n) is 34.2. The molecule has 0 saturated heterocycles. The Kier molecular flexibility index (Phi) is 64.7. The molecular formula is C74H128O6. The molecule has 6 nitrogen and oxygen atoms in total. The molecule has 0 fully saturated rings. The summed E-state index contributed by atoms with van der Waals surface area (Å²) in [5.74, 6) is -0.879. The molecule has 1 unspecified atom stereocenters. The summed E-state index contributed by atoms with van der Waals surface area (Å²) in [6, 6.07) is 0. The summed E-state index contributed by atoms with van der Waals surface area (Å²) in [7, 11) is 0. The van der Waals surface area contributed by atoms with Crippen LogP contribution in [0.25, 0.3) is 0 Å². The molecule has 0 aromatic heterocycles. The third-order valence-corrected chi connectivity index (χ3v) is 14.8. The van der Waals surface area contributed by atoms with E-state index in [4.69, 9.17) is 14.2 Å². The van der Waals surface area contributed by atoms with Crippen LogP contribution in [0.3, 0.4) is 0 Å². The smallest absolute Gasteiger partial charge is 0.306 e. The largest absolute Gasteiger partial charge is 0.462 e. The van der Waals surface area contributed by atoms with Crippen molar-refractivity contribution in [1.29, 1.82) is 0 Å². The Bertz CT molecular complexity index is 1560. The van der Waals surface area contributed by atoms with Gasteiger partial charge in [-0.3, -0.25) is 14.4 Å². The Hall–Kier alpha value is -3.67. The minimum atomic E-state index is -0.781. The molecule has 0 N–H and O–H groups in total. The number of carbonyl (C=O) groups excluding carboxylic acids is 3. The number of hydrogen-bond acceptors (Lipinski definition) is 6. The van der Waals surface area contributed by atoms with Crippen LogP contribution in [0.5, 0.6) is 0 Å². The van der Waals surface area contributed by atoms with Crippen molar-refractivity contribution in [2.24, 2.45) is 0 Å². The van der Waals surface area contributed by atoms with E-state index in [0.29, 0.717) is 19.3 Å². The van der Waals surface area contributed by atoms with Gasteiger partial charge in [-0.2, -0.15) is 0 Å². The minimum absolute atomic E-state index is 0.0783. The molecule has 0 aliphatic carbocycles. The van der Waals surface area contributed by atoms with Crippen molar-refractivity contribution in [3.63, 3.8) is 0 Å². The second-order valence-corrected chi connectivity index (χ2v) is 22.7. The molecule has 0 saturated carbocycles. The molecule has 0 radical (unpaired) electrons. The van der Waals surface area contributed by atoms with Crippen LogP contribution in [0.2, 0.25) is 0 Å². The van der Waals surface area contributed by atoms with Crippen LogP contribution < -0.4 is 0 Å². The van der Waals surface area contributed by atoms with Gasteiger partial charge in [0.1, 0.15) is 13.2 Å².